The molecule has 0 aliphatic heterocycles. The molecule has 0 atom stereocenters. The van der Waals surface area contributed by atoms with E-state index in [1.807, 2.05) is 48.9 Å². The average Bonchev–Trinajstić information content (AvgIpc) is 3.22. The van der Waals surface area contributed by atoms with Crippen LogP contribution in [0.3, 0.4) is 0 Å². The van der Waals surface area contributed by atoms with Crippen molar-refractivity contribution in [3.05, 3.63) is 125 Å². The summed E-state index contributed by atoms with van der Waals surface area (Å²) in [5.74, 6) is 0. The van der Waals surface area contributed by atoms with Crippen molar-refractivity contribution < 1.29 is 0 Å². The zero-order valence-electron chi connectivity index (χ0n) is 14.1. The first-order valence-electron chi connectivity index (χ1n) is 8.42. The number of halogens is 1. The minimum absolute atomic E-state index is 0.722. The largest absolute Gasteiger partial charge is 0.305 e. The van der Waals surface area contributed by atoms with Crippen LogP contribution in [0, 0.1) is 0 Å². The molecule has 3 aromatic carbocycles. The molecule has 4 rings (SSSR count). The van der Waals surface area contributed by atoms with Gasteiger partial charge in [0.25, 0.3) is 0 Å². The van der Waals surface area contributed by atoms with Crippen LogP contribution in [0.4, 0.5) is 0 Å². The molecule has 0 radical (unpaired) electrons. The number of hydrogen-bond donors (Lipinski definition) is 0. The topological polar surface area (TPSA) is 17.8 Å². The predicted molar refractivity (Wildman–Crippen MR) is 108 cm³/mol. The molecule has 1 aromatic heterocycles. The Morgan fingerprint density at radius 1 is 0.692 bits per heavy atom. The maximum absolute atomic E-state index is 6.12. The zero-order chi connectivity index (χ0) is 17.8. The lowest BCUT2D eigenvalue weighted by atomic mass is 9.93. The van der Waals surface area contributed by atoms with E-state index in [9.17, 15) is 0 Å². The van der Waals surface area contributed by atoms with E-state index >= 15 is 0 Å². The molecule has 0 spiro atoms. The van der Waals surface area contributed by atoms with Gasteiger partial charge in [0.05, 0.1) is 12.0 Å². The van der Waals surface area contributed by atoms with Gasteiger partial charge in [-0.1, -0.05) is 84.4 Å². The van der Waals surface area contributed by atoms with Crippen molar-refractivity contribution in [2.24, 2.45) is 0 Å². The van der Waals surface area contributed by atoms with E-state index in [0.717, 1.165) is 33.0 Å². The van der Waals surface area contributed by atoms with Gasteiger partial charge < -0.3 is 4.57 Å². The molecule has 0 aliphatic carbocycles. The highest BCUT2D eigenvalue weighted by molar-refractivity contribution is 6.30. The smallest absolute Gasteiger partial charge is 0.0992 e. The van der Waals surface area contributed by atoms with Gasteiger partial charge in [-0.2, -0.15) is 0 Å². The Kier molecular flexibility index (Phi) is 4.67. The standard InChI is InChI=1S/C23H17ClN2/c24-21-13-11-20(12-14-21)23(26-16-15-25-17-26)22(18-7-3-1-4-8-18)19-9-5-2-6-10-19/h1-17H. The van der Waals surface area contributed by atoms with Crippen LogP contribution < -0.4 is 0 Å². The van der Waals surface area contributed by atoms with Crippen LogP contribution in [-0.4, -0.2) is 9.55 Å². The van der Waals surface area contributed by atoms with Gasteiger partial charge in [-0.05, 0) is 28.8 Å². The summed E-state index contributed by atoms with van der Waals surface area (Å²) in [5, 5.41) is 0.722. The third-order valence-corrected chi connectivity index (χ3v) is 4.49. The summed E-state index contributed by atoms with van der Waals surface area (Å²) >= 11 is 6.12. The molecular weight excluding hydrogens is 340 g/mol. The van der Waals surface area contributed by atoms with E-state index < -0.39 is 0 Å². The second-order valence-electron chi connectivity index (χ2n) is 5.93. The Balaban J connectivity index is 2.07. The third kappa shape index (κ3) is 3.32. The minimum Gasteiger partial charge on any atom is -0.305 e. The molecule has 126 valence electrons. The molecule has 0 bridgehead atoms. The maximum atomic E-state index is 6.12. The van der Waals surface area contributed by atoms with Crippen LogP contribution in [0.15, 0.2) is 104 Å². The first-order valence-corrected chi connectivity index (χ1v) is 8.80. The Bertz CT molecular complexity index is 962. The molecule has 0 saturated heterocycles. The van der Waals surface area contributed by atoms with E-state index in [0.29, 0.717) is 0 Å². The maximum Gasteiger partial charge on any atom is 0.0992 e. The SMILES string of the molecule is Clc1ccc(C(=C(c2ccccc2)c2ccccc2)n2ccnc2)cc1. The summed E-state index contributed by atoms with van der Waals surface area (Å²) in [6.07, 6.45) is 5.59. The number of benzene rings is 3. The van der Waals surface area contributed by atoms with Crippen molar-refractivity contribution in [3.63, 3.8) is 0 Å². The summed E-state index contributed by atoms with van der Waals surface area (Å²) in [5.41, 5.74) is 5.59. The van der Waals surface area contributed by atoms with E-state index in [4.69, 9.17) is 11.6 Å². The molecule has 1 heterocycles. The van der Waals surface area contributed by atoms with Crippen molar-refractivity contribution >= 4 is 22.9 Å². The fraction of sp³-hybridized carbons (Fsp3) is 0. The molecule has 0 unspecified atom stereocenters. The third-order valence-electron chi connectivity index (χ3n) is 4.24. The van der Waals surface area contributed by atoms with Crippen molar-refractivity contribution in [1.29, 1.82) is 0 Å². The first-order chi connectivity index (χ1) is 12.8. The van der Waals surface area contributed by atoms with Gasteiger partial charge in [0.1, 0.15) is 0 Å². The lowest BCUT2D eigenvalue weighted by Crippen LogP contribution is -2.02. The van der Waals surface area contributed by atoms with E-state index in [2.05, 4.69) is 58.1 Å². The van der Waals surface area contributed by atoms with Crippen LogP contribution in [-0.2, 0) is 0 Å². The first kappa shape index (κ1) is 16.4. The van der Waals surface area contributed by atoms with E-state index in [-0.39, 0.29) is 0 Å². The van der Waals surface area contributed by atoms with Crippen LogP contribution in [0.5, 0.6) is 0 Å². The number of nitrogens with zero attached hydrogens (tertiary/aromatic N) is 2. The van der Waals surface area contributed by atoms with Crippen LogP contribution >= 0.6 is 11.6 Å². The van der Waals surface area contributed by atoms with Gasteiger partial charge in [-0.25, -0.2) is 4.98 Å². The van der Waals surface area contributed by atoms with Crippen LogP contribution in [0.2, 0.25) is 5.02 Å². The number of imidazole rings is 1. The van der Waals surface area contributed by atoms with E-state index in [1.165, 1.54) is 0 Å². The summed E-state index contributed by atoms with van der Waals surface area (Å²) < 4.78 is 2.05. The zero-order valence-corrected chi connectivity index (χ0v) is 14.8. The quantitative estimate of drug-likeness (QED) is 0.410. The molecular formula is C23H17ClN2. The molecule has 26 heavy (non-hydrogen) atoms. The normalized spacial score (nSPS) is 10.5. The monoisotopic (exact) mass is 356 g/mol. The van der Waals surface area contributed by atoms with Crippen LogP contribution in [0.25, 0.3) is 11.3 Å². The fourth-order valence-corrected chi connectivity index (χ4v) is 3.20. The lowest BCUT2D eigenvalue weighted by Gasteiger charge is -2.18. The van der Waals surface area contributed by atoms with Crippen molar-refractivity contribution in [1.82, 2.24) is 9.55 Å². The molecule has 3 heteroatoms. The summed E-state index contributed by atoms with van der Waals surface area (Å²) in [6.45, 7) is 0. The molecule has 2 nitrogen and oxygen atoms in total. The second-order valence-corrected chi connectivity index (χ2v) is 6.37. The lowest BCUT2D eigenvalue weighted by molar-refractivity contribution is 1.09. The predicted octanol–water partition coefficient (Wildman–Crippen LogP) is 6.00. The van der Waals surface area contributed by atoms with Crippen molar-refractivity contribution in [2.75, 3.05) is 0 Å². The molecule has 0 amide bonds. The van der Waals surface area contributed by atoms with Crippen molar-refractivity contribution in [2.45, 2.75) is 0 Å². The molecule has 0 aliphatic rings. The summed E-state index contributed by atoms with van der Waals surface area (Å²) in [4.78, 5) is 4.26. The second kappa shape index (κ2) is 7.42. The molecule has 0 fully saturated rings. The minimum atomic E-state index is 0.722. The van der Waals surface area contributed by atoms with Gasteiger partial charge in [-0.15, -0.1) is 0 Å². The highest BCUT2D eigenvalue weighted by atomic mass is 35.5. The van der Waals surface area contributed by atoms with Crippen LogP contribution in [0.1, 0.15) is 16.7 Å². The Labute approximate surface area is 158 Å². The van der Waals surface area contributed by atoms with Gasteiger partial charge in [-0.3, -0.25) is 0 Å². The number of aromatic nitrogens is 2. The number of hydrogen-bond acceptors (Lipinski definition) is 1. The Morgan fingerprint density at radius 2 is 1.27 bits per heavy atom. The molecule has 0 N–H and O–H groups in total. The van der Waals surface area contributed by atoms with Gasteiger partial charge in [0.15, 0.2) is 0 Å². The average molecular weight is 357 g/mol. The Morgan fingerprint density at radius 3 is 1.77 bits per heavy atom. The highest BCUT2D eigenvalue weighted by Crippen LogP contribution is 2.33. The summed E-state index contributed by atoms with van der Waals surface area (Å²) in [7, 11) is 0. The van der Waals surface area contributed by atoms with E-state index in [1.54, 1.807) is 6.20 Å². The van der Waals surface area contributed by atoms with Crippen molar-refractivity contribution in [3.8, 4) is 0 Å². The Hall–Kier alpha value is -3.10. The van der Waals surface area contributed by atoms with Gasteiger partial charge >= 0.3 is 0 Å². The highest BCUT2D eigenvalue weighted by Gasteiger charge is 2.15. The fourth-order valence-electron chi connectivity index (χ4n) is 3.07. The van der Waals surface area contributed by atoms with Gasteiger partial charge in [0, 0.05) is 23.0 Å². The van der Waals surface area contributed by atoms with Gasteiger partial charge in [0.2, 0.25) is 0 Å². The number of rotatable bonds is 4. The molecule has 0 saturated carbocycles. The molecule has 4 aromatic rings. The summed E-state index contributed by atoms with van der Waals surface area (Å²) in [6, 6.07) is 28.8.